The monoisotopic (exact) mass is 353 g/mol. The lowest BCUT2D eigenvalue weighted by atomic mass is 9.64. The molecule has 0 bridgehead atoms. The van der Waals surface area contributed by atoms with Gasteiger partial charge in [0.25, 0.3) is 0 Å². The van der Waals surface area contributed by atoms with Crippen LogP contribution in [0.3, 0.4) is 0 Å². The van der Waals surface area contributed by atoms with Crippen molar-refractivity contribution in [3.8, 4) is 5.88 Å². The maximum absolute atomic E-state index is 5.61. The zero-order valence-corrected chi connectivity index (χ0v) is 15.5. The van der Waals surface area contributed by atoms with Crippen LogP contribution in [-0.4, -0.2) is 38.6 Å². The van der Waals surface area contributed by atoms with Gasteiger partial charge < -0.3 is 19.1 Å². The molecular weight excluding hydrogens is 330 g/mol. The highest BCUT2D eigenvalue weighted by Gasteiger charge is 2.53. The number of hydrogen-bond donors (Lipinski definition) is 0. The van der Waals surface area contributed by atoms with E-state index in [4.69, 9.17) is 19.2 Å². The molecule has 136 valence electrons. The second-order valence-corrected chi connectivity index (χ2v) is 6.70. The van der Waals surface area contributed by atoms with E-state index >= 15 is 0 Å². The molecule has 1 aromatic heterocycles. The first-order valence-electron chi connectivity index (χ1n) is 8.74. The van der Waals surface area contributed by atoms with Crippen LogP contribution in [0.15, 0.2) is 58.9 Å². The van der Waals surface area contributed by atoms with E-state index in [1.54, 1.807) is 21.3 Å². The second-order valence-electron chi connectivity index (χ2n) is 6.70. The Hall–Kier alpha value is -2.76. The van der Waals surface area contributed by atoms with Crippen molar-refractivity contribution >= 4 is 11.4 Å². The molecule has 0 N–H and O–H groups in total. The summed E-state index contributed by atoms with van der Waals surface area (Å²) < 4.78 is 16.3. The van der Waals surface area contributed by atoms with Crippen molar-refractivity contribution in [2.75, 3.05) is 32.8 Å². The third-order valence-corrected chi connectivity index (χ3v) is 5.54. The summed E-state index contributed by atoms with van der Waals surface area (Å²) in [6.45, 7) is 3.18. The Kier molecular flexibility index (Phi) is 3.98. The van der Waals surface area contributed by atoms with Crippen molar-refractivity contribution in [1.29, 1.82) is 0 Å². The van der Waals surface area contributed by atoms with Gasteiger partial charge in [0.1, 0.15) is 11.5 Å². The lowest BCUT2D eigenvalue weighted by Crippen LogP contribution is -2.50. The van der Waals surface area contributed by atoms with Crippen molar-refractivity contribution in [2.24, 2.45) is 16.3 Å². The van der Waals surface area contributed by atoms with Gasteiger partial charge in [-0.1, -0.05) is 6.92 Å². The van der Waals surface area contributed by atoms with Crippen LogP contribution in [0.25, 0.3) is 0 Å². The van der Waals surface area contributed by atoms with E-state index in [0.717, 1.165) is 30.1 Å². The SMILES string of the molecule is COC1=CC23C(=CC=C(OC)C2=N1)N(c1ccc(OC)nc1)CCC3C. The highest BCUT2D eigenvalue weighted by molar-refractivity contribution is 6.10. The van der Waals surface area contributed by atoms with Crippen LogP contribution < -0.4 is 9.64 Å². The minimum absolute atomic E-state index is 0.344. The molecule has 26 heavy (non-hydrogen) atoms. The number of ether oxygens (including phenoxy) is 3. The number of pyridine rings is 1. The van der Waals surface area contributed by atoms with Crippen molar-refractivity contribution in [2.45, 2.75) is 13.3 Å². The number of aromatic nitrogens is 1. The quantitative estimate of drug-likeness (QED) is 0.831. The van der Waals surface area contributed by atoms with Crippen LogP contribution in [0.2, 0.25) is 0 Å². The number of methoxy groups -OCH3 is 3. The van der Waals surface area contributed by atoms with E-state index in [0.29, 0.717) is 17.7 Å². The van der Waals surface area contributed by atoms with E-state index in [9.17, 15) is 0 Å². The number of rotatable bonds is 4. The smallest absolute Gasteiger partial charge is 0.213 e. The third kappa shape index (κ3) is 2.25. The number of piperidine rings is 1. The molecule has 2 atom stereocenters. The molecule has 1 aromatic rings. The van der Waals surface area contributed by atoms with E-state index in [1.807, 2.05) is 24.4 Å². The van der Waals surface area contributed by atoms with Crippen molar-refractivity contribution in [1.82, 2.24) is 4.98 Å². The fourth-order valence-electron chi connectivity index (χ4n) is 4.13. The molecule has 3 heterocycles. The number of hydrogen-bond acceptors (Lipinski definition) is 6. The molecule has 3 aliphatic rings. The van der Waals surface area contributed by atoms with Gasteiger partial charge in [0, 0.05) is 18.3 Å². The Morgan fingerprint density at radius 1 is 1.12 bits per heavy atom. The molecule has 0 saturated carbocycles. The Bertz CT molecular complexity index is 838. The summed E-state index contributed by atoms with van der Waals surface area (Å²) in [7, 11) is 4.96. The molecule has 0 radical (unpaired) electrons. The Labute approximate surface area is 153 Å². The number of nitrogens with zero attached hydrogens (tertiary/aromatic N) is 3. The summed E-state index contributed by atoms with van der Waals surface area (Å²) >= 11 is 0. The predicted molar refractivity (Wildman–Crippen MR) is 100 cm³/mol. The molecule has 2 aliphatic heterocycles. The van der Waals surface area contributed by atoms with Gasteiger partial charge in [-0.05, 0) is 36.6 Å². The van der Waals surface area contributed by atoms with E-state index in [-0.39, 0.29) is 5.41 Å². The summed E-state index contributed by atoms with van der Waals surface area (Å²) in [4.78, 5) is 11.4. The van der Waals surface area contributed by atoms with Gasteiger partial charge in [0.05, 0.1) is 38.6 Å². The summed E-state index contributed by atoms with van der Waals surface area (Å²) in [6, 6.07) is 3.93. The van der Waals surface area contributed by atoms with Gasteiger partial charge in [-0.25, -0.2) is 9.98 Å². The minimum atomic E-state index is -0.344. The highest BCUT2D eigenvalue weighted by Crippen LogP contribution is 2.53. The zero-order valence-electron chi connectivity index (χ0n) is 15.5. The first-order valence-corrected chi connectivity index (χ1v) is 8.74. The summed E-state index contributed by atoms with van der Waals surface area (Å²) in [5.74, 6) is 2.41. The van der Waals surface area contributed by atoms with E-state index < -0.39 is 0 Å². The predicted octanol–water partition coefficient (Wildman–Crippen LogP) is 3.29. The molecule has 6 heteroatoms. The largest absolute Gasteiger partial charge is 0.495 e. The first-order chi connectivity index (χ1) is 12.6. The lowest BCUT2D eigenvalue weighted by molar-refractivity contribution is 0.277. The minimum Gasteiger partial charge on any atom is -0.495 e. The van der Waals surface area contributed by atoms with Crippen LogP contribution in [0.4, 0.5) is 5.69 Å². The van der Waals surface area contributed by atoms with Gasteiger partial charge >= 0.3 is 0 Å². The van der Waals surface area contributed by atoms with Crippen LogP contribution in [0.5, 0.6) is 5.88 Å². The van der Waals surface area contributed by atoms with Gasteiger partial charge in [0.2, 0.25) is 11.8 Å². The molecule has 4 rings (SSSR count). The number of anilines is 1. The Balaban J connectivity index is 1.84. The highest BCUT2D eigenvalue weighted by atomic mass is 16.5. The maximum Gasteiger partial charge on any atom is 0.213 e. The molecule has 1 fully saturated rings. The van der Waals surface area contributed by atoms with Crippen LogP contribution in [0, 0.1) is 11.3 Å². The number of aliphatic imine (C=N–C) groups is 1. The standard InChI is InChI=1S/C20H23N3O3/c1-13-9-10-23(14-5-8-17(25-3)21-12-14)16-7-6-15(24-2)19-20(13,16)11-18(22-19)26-4/h5-8,11-13H,9-10H2,1-4H3. The molecule has 1 saturated heterocycles. The molecular formula is C20H23N3O3. The van der Waals surface area contributed by atoms with Crippen LogP contribution in [0.1, 0.15) is 13.3 Å². The molecule has 1 aliphatic carbocycles. The van der Waals surface area contributed by atoms with Crippen molar-refractivity contribution < 1.29 is 14.2 Å². The summed E-state index contributed by atoms with van der Waals surface area (Å²) in [5, 5.41) is 0. The van der Waals surface area contributed by atoms with Gasteiger partial charge in [0.15, 0.2) is 0 Å². The fourth-order valence-corrected chi connectivity index (χ4v) is 4.13. The normalized spacial score (nSPS) is 26.8. The zero-order chi connectivity index (χ0) is 18.3. The average Bonchev–Trinajstić information content (AvgIpc) is 3.08. The van der Waals surface area contributed by atoms with Gasteiger partial charge in [-0.2, -0.15) is 0 Å². The van der Waals surface area contributed by atoms with Gasteiger partial charge in [-0.3, -0.25) is 0 Å². The Morgan fingerprint density at radius 2 is 1.96 bits per heavy atom. The molecule has 6 nitrogen and oxygen atoms in total. The Morgan fingerprint density at radius 3 is 2.62 bits per heavy atom. The molecule has 0 amide bonds. The van der Waals surface area contributed by atoms with Crippen LogP contribution >= 0.6 is 0 Å². The fraction of sp³-hybridized carbons (Fsp3) is 0.400. The summed E-state index contributed by atoms with van der Waals surface area (Å²) in [5.41, 5.74) is 2.79. The van der Waals surface area contributed by atoms with Gasteiger partial charge in [-0.15, -0.1) is 0 Å². The van der Waals surface area contributed by atoms with E-state index in [1.165, 1.54) is 5.70 Å². The molecule has 1 spiro atoms. The topological polar surface area (TPSA) is 56.2 Å². The van der Waals surface area contributed by atoms with Crippen molar-refractivity contribution in [3.05, 3.63) is 53.9 Å². The number of allylic oxidation sites excluding steroid dienone is 4. The first kappa shape index (κ1) is 16.7. The van der Waals surface area contributed by atoms with E-state index in [2.05, 4.69) is 29.0 Å². The third-order valence-electron chi connectivity index (χ3n) is 5.54. The molecule has 0 aromatic carbocycles. The average molecular weight is 353 g/mol. The molecule has 2 unspecified atom stereocenters. The van der Waals surface area contributed by atoms with Crippen LogP contribution in [-0.2, 0) is 9.47 Å². The van der Waals surface area contributed by atoms with Crippen molar-refractivity contribution in [3.63, 3.8) is 0 Å². The maximum atomic E-state index is 5.61. The lowest BCUT2D eigenvalue weighted by Gasteiger charge is -2.48. The second kappa shape index (κ2) is 6.20. The summed E-state index contributed by atoms with van der Waals surface area (Å²) in [6.07, 6.45) is 9.13.